The van der Waals surface area contributed by atoms with Gasteiger partial charge in [-0.05, 0) is 50.9 Å². The van der Waals surface area contributed by atoms with E-state index in [9.17, 15) is 4.79 Å². The summed E-state index contributed by atoms with van der Waals surface area (Å²) < 4.78 is 1.78. The summed E-state index contributed by atoms with van der Waals surface area (Å²) >= 11 is 0. The van der Waals surface area contributed by atoms with Crippen molar-refractivity contribution in [2.24, 2.45) is 17.8 Å². The van der Waals surface area contributed by atoms with Gasteiger partial charge in [0.1, 0.15) is 5.69 Å². The average molecular weight is 322 g/mol. The summed E-state index contributed by atoms with van der Waals surface area (Å²) in [6.07, 6.45) is 7.65. The third-order valence-corrected chi connectivity index (χ3v) is 4.38. The lowest BCUT2D eigenvalue weighted by molar-refractivity contribution is -0.126. The summed E-state index contributed by atoms with van der Waals surface area (Å²) in [6.45, 7) is 11.9. The second-order valence-corrected chi connectivity index (χ2v) is 6.63. The van der Waals surface area contributed by atoms with Crippen molar-refractivity contribution in [3.05, 3.63) is 11.9 Å². The van der Waals surface area contributed by atoms with Gasteiger partial charge >= 0.3 is 0 Å². The fraction of sp³-hybridized carbons (Fsp3) is 0.833. The maximum absolute atomic E-state index is 12.2. The van der Waals surface area contributed by atoms with E-state index in [1.807, 2.05) is 27.0 Å². The second-order valence-electron chi connectivity index (χ2n) is 6.63. The van der Waals surface area contributed by atoms with Crippen molar-refractivity contribution in [2.75, 3.05) is 0 Å². The predicted molar refractivity (Wildman–Crippen MR) is 93.8 cm³/mol. The minimum Gasteiger partial charge on any atom is -0.350 e. The summed E-state index contributed by atoms with van der Waals surface area (Å²) in [7, 11) is 0. The molecule has 0 saturated heterocycles. The van der Waals surface area contributed by atoms with Gasteiger partial charge in [-0.2, -0.15) is 0 Å². The standard InChI is InChI=1S/C16H28N4O.C2H6/c1-4-20-11-15(18-19-20)10-17-16(21)14-7-5-13(6-8-14)9-12(2)3;1-2/h11-14H,4-10H2,1-3H3,(H,17,21);1-2H3. The Bertz CT molecular complexity index is 448. The molecule has 0 atom stereocenters. The van der Waals surface area contributed by atoms with Gasteiger partial charge in [-0.3, -0.25) is 9.48 Å². The molecule has 5 heteroatoms. The average Bonchev–Trinajstić information content (AvgIpc) is 3.03. The highest BCUT2D eigenvalue weighted by atomic mass is 16.1. The van der Waals surface area contributed by atoms with Crippen molar-refractivity contribution in [3.8, 4) is 0 Å². The molecule has 1 aliphatic rings. The molecule has 0 bridgehead atoms. The number of aromatic nitrogens is 3. The van der Waals surface area contributed by atoms with Crippen LogP contribution in [0.1, 0.15) is 72.4 Å². The topological polar surface area (TPSA) is 59.8 Å². The van der Waals surface area contributed by atoms with Gasteiger partial charge in [-0.1, -0.05) is 32.9 Å². The van der Waals surface area contributed by atoms with E-state index < -0.39 is 0 Å². The van der Waals surface area contributed by atoms with Crippen LogP contribution < -0.4 is 5.32 Å². The Labute approximate surface area is 141 Å². The molecule has 23 heavy (non-hydrogen) atoms. The van der Waals surface area contributed by atoms with E-state index in [-0.39, 0.29) is 11.8 Å². The highest BCUT2D eigenvalue weighted by Gasteiger charge is 2.26. The van der Waals surface area contributed by atoms with E-state index in [4.69, 9.17) is 0 Å². The Morgan fingerprint density at radius 3 is 2.48 bits per heavy atom. The Morgan fingerprint density at radius 2 is 1.96 bits per heavy atom. The van der Waals surface area contributed by atoms with Crippen molar-refractivity contribution in [2.45, 2.75) is 79.8 Å². The Kier molecular flexibility index (Phi) is 8.89. The molecule has 1 fully saturated rings. The van der Waals surface area contributed by atoms with Gasteiger partial charge in [-0.25, -0.2) is 0 Å². The summed E-state index contributed by atoms with van der Waals surface area (Å²) in [4.78, 5) is 12.2. The number of nitrogens with zero attached hydrogens (tertiary/aromatic N) is 3. The van der Waals surface area contributed by atoms with Crippen LogP contribution in [0.15, 0.2) is 6.20 Å². The molecule has 1 amide bonds. The maximum Gasteiger partial charge on any atom is 0.223 e. The van der Waals surface area contributed by atoms with Gasteiger partial charge in [-0.15, -0.1) is 5.10 Å². The Balaban J connectivity index is 0.00000127. The molecule has 1 saturated carbocycles. The normalized spacial score (nSPS) is 20.8. The third kappa shape index (κ3) is 6.71. The van der Waals surface area contributed by atoms with Crippen LogP contribution in [0, 0.1) is 17.8 Å². The number of hydrogen-bond acceptors (Lipinski definition) is 3. The lowest BCUT2D eigenvalue weighted by Crippen LogP contribution is -2.33. The van der Waals surface area contributed by atoms with Crippen molar-refractivity contribution in [1.82, 2.24) is 20.3 Å². The summed E-state index contributed by atoms with van der Waals surface area (Å²) in [5.41, 5.74) is 0.832. The lowest BCUT2D eigenvalue weighted by Gasteiger charge is -2.28. The zero-order chi connectivity index (χ0) is 17.2. The molecule has 0 spiro atoms. The van der Waals surface area contributed by atoms with Crippen LogP contribution in [0.2, 0.25) is 0 Å². The summed E-state index contributed by atoms with van der Waals surface area (Å²) in [5.74, 6) is 1.96. The molecule has 132 valence electrons. The van der Waals surface area contributed by atoms with E-state index >= 15 is 0 Å². The van der Waals surface area contributed by atoms with E-state index in [1.54, 1.807) is 4.68 Å². The van der Waals surface area contributed by atoms with Crippen LogP contribution in [0.4, 0.5) is 0 Å². The molecule has 5 nitrogen and oxygen atoms in total. The first-order valence-corrected chi connectivity index (χ1v) is 9.25. The molecule has 1 N–H and O–H groups in total. The van der Waals surface area contributed by atoms with Gasteiger partial charge in [0.05, 0.1) is 12.7 Å². The van der Waals surface area contributed by atoms with Crippen LogP contribution >= 0.6 is 0 Å². The highest BCUT2D eigenvalue weighted by Crippen LogP contribution is 2.32. The van der Waals surface area contributed by atoms with Crippen LogP contribution in [0.25, 0.3) is 0 Å². The Hall–Kier alpha value is -1.39. The number of carbonyl (C=O) groups excluding carboxylic acids is 1. The fourth-order valence-electron chi connectivity index (χ4n) is 3.22. The summed E-state index contributed by atoms with van der Waals surface area (Å²) in [6, 6.07) is 0. The molecule has 0 aromatic carbocycles. The zero-order valence-corrected chi connectivity index (χ0v) is 15.5. The number of carbonyl (C=O) groups is 1. The van der Waals surface area contributed by atoms with Gasteiger partial charge in [0, 0.05) is 12.5 Å². The quantitative estimate of drug-likeness (QED) is 0.866. The van der Waals surface area contributed by atoms with Gasteiger partial charge < -0.3 is 5.32 Å². The lowest BCUT2D eigenvalue weighted by atomic mass is 9.78. The largest absolute Gasteiger partial charge is 0.350 e. The number of nitrogens with one attached hydrogen (secondary N) is 1. The van der Waals surface area contributed by atoms with Crippen LogP contribution in [-0.4, -0.2) is 20.9 Å². The first-order chi connectivity index (χ1) is 11.1. The monoisotopic (exact) mass is 322 g/mol. The number of aryl methyl sites for hydroxylation is 1. The molecule has 0 aliphatic heterocycles. The molecular formula is C18H34N4O. The molecule has 0 unspecified atom stereocenters. The molecular weight excluding hydrogens is 288 g/mol. The predicted octanol–water partition coefficient (Wildman–Crippen LogP) is 3.79. The molecule has 0 radical (unpaired) electrons. The minimum atomic E-state index is 0.184. The number of amides is 1. The van der Waals surface area contributed by atoms with Crippen molar-refractivity contribution in [3.63, 3.8) is 0 Å². The van der Waals surface area contributed by atoms with Gasteiger partial charge in [0.25, 0.3) is 0 Å². The first kappa shape index (κ1) is 19.7. The van der Waals surface area contributed by atoms with Crippen molar-refractivity contribution < 1.29 is 4.79 Å². The van der Waals surface area contributed by atoms with E-state index in [0.29, 0.717) is 6.54 Å². The Morgan fingerprint density at radius 1 is 1.30 bits per heavy atom. The summed E-state index contributed by atoms with van der Waals surface area (Å²) in [5, 5.41) is 11.0. The first-order valence-electron chi connectivity index (χ1n) is 9.25. The number of hydrogen-bond donors (Lipinski definition) is 1. The third-order valence-electron chi connectivity index (χ3n) is 4.38. The van der Waals surface area contributed by atoms with E-state index in [1.165, 1.54) is 19.3 Å². The number of rotatable bonds is 6. The highest BCUT2D eigenvalue weighted by molar-refractivity contribution is 5.78. The molecule has 1 aliphatic carbocycles. The fourth-order valence-corrected chi connectivity index (χ4v) is 3.22. The molecule has 1 aromatic heterocycles. The van der Waals surface area contributed by atoms with Crippen molar-refractivity contribution >= 4 is 5.91 Å². The smallest absolute Gasteiger partial charge is 0.223 e. The van der Waals surface area contributed by atoms with Crippen molar-refractivity contribution in [1.29, 1.82) is 0 Å². The van der Waals surface area contributed by atoms with Gasteiger partial charge in [0.2, 0.25) is 5.91 Å². The van der Waals surface area contributed by atoms with Crippen LogP contribution in [0.5, 0.6) is 0 Å². The minimum absolute atomic E-state index is 0.184. The van der Waals surface area contributed by atoms with Gasteiger partial charge in [0.15, 0.2) is 0 Å². The SMILES string of the molecule is CC.CCn1cc(CNC(=O)C2CCC(CC(C)C)CC2)nn1. The molecule has 2 rings (SSSR count). The van der Waals surface area contributed by atoms with Crippen LogP contribution in [0.3, 0.4) is 0 Å². The van der Waals surface area contributed by atoms with E-state index in [0.717, 1.165) is 36.9 Å². The molecule has 1 aromatic rings. The zero-order valence-electron chi connectivity index (χ0n) is 15.5. The maximum atomic E-state index is 12.2. The second kappa shape index (κ2) is 10.4. The molecule has 1 heterocycles. The van der Waals surface area contributed by atoms with Crippen LogP contribution in [-0.2, 0) is 17.9 Å². The van der Waals surface area contributed by atoms with E-state index in [2.05, 4.69) is 29.5 Å².